The summed E-state index contributed by atoms with van der Waals surface area (Å²) in [5.74, 6) is 2.03. The van der Waals surface area contributed by atoms with Crippen LogP contribution >= 0.6 is 11.6 Å². The number of anilines is 2. The van der Waals surface area contributed by atoms with Crippen LogP contribution in [0.25, 0.3) is 0 Å². The molecule has 4 N–H and O–H groups in total. The Labute approximate surface area is 224 Å². The number of hydrogen-bond acceptors (Lipinski definition) is 4. The van der Waals surface area contributed by atoms with Crippen molar-refractivity contribution in [3.63, 3.8) is 0 Å². The predicted molar refractivity (Wildman–Crippen MR) is 154 cm³/mol. The number of allylic oxidation sites excluding steroid dienone is 4. The highest BCUT2D eigenvalue weighted by molar-refractivity contribution is 6.31. The van der Waals surface area contributed by atoms with E-state index in [1.807, 2.05) is 42.5 Å². The van der Waals surface area contributed by atoms with Crippen molar-refractivity contribution >= 4 is 46.7 Å². The highest BCUT2D eigenvalue weighted by Crippen LogP contribution is 2.48. The fourth-order valence-corrected chi connectivity index (χ4v) is 4.79. The maximum Gasteiger partial charge on any atom is 0.251 e. The average molecular weight is 519 g/mol. The minimum absolute atomic E-state index is 0.201. The summed E-state index contributed by atoms with van der Waals surface area (Å²) in [6.07, 6.45) is 11.6. The van der Waals surface area contributed by atoms with E-state index in [4.69, 9.17) is 17.3 Å². The maximum absolute atomic E-state index is 12.1. The van der Waals surface area contributed by atoms with Crippen LogP contribution in [0.1, 0.15) is 38.2 Å². The first-order chi connectivity index (χ1) is 17.8. The van der Waals surface area contributed by atoms with E-state index in [1.165, 1.54) is 25.3 Å². The van der Waals surface area contributed by atoms with Gasteiger partial charge in [0.05, 0.1) is 11.4 Å². The number of carbonyl (C=O) groups is 2. The lowest BCUT2D eigenvalue weighted by molar-refractivity contribution is -0.126. The number of para-hydroxylation sites is 2. The van der Waals surface area contributed by atoms with Crippen molar-refractivity contribution < 1.29 is 9.59 Å². The summed E-state index contributed by atoms with van der Waals surface area (Å²) in [5.41, 5.74) is 9.34. The fraction of sp³-hybridized carbons (Fsp3) is 0.300. The van der Waals surface area contributed by atoms with E-state index in [2.05, 4.69) is 22.2 Å². The van der Waals surface area contributed by atoms with Crippen molar-refractivity contribution in [2.75, 3.05) is 18.1 Å². The van der Waals surface area contributed by atoms with Crippen LogP contribution in [0.5, 0.6) is 0 Å². The molecule has 0 aliphatic heterocycles. The SMILES string of the molecule is C=C/C(Cl)=C\C=C(/C)C(=O)Nc1ccc(C=Nc2ccccc2N)cc1.CNC(=O)C1CC2CCC1C2. The Morgan fingerprint density at radius 1 is 1.08 bits per heavy atom. The van der Waals surface area contributed by atoms with Gasteiger partial charge in [-0.2, -0.15) is 0 Å². The lowest BCUT2D eigenvalue weighted by atomic mass is 9.88. The summed E-state index contributed by atoms with van der Waals surface area (Å²) in [6, 6.07) is 14.8. The number of benzene rings is 2. The van der Waals surface area contributed by atoms with Crippen molar-refractivity contribution in [3.8, 4) is 0 Å². The van der Waals surface area contributed by atoms with Gasteiger partial charge in [0.15, 0.2) is 0 Å². The highest BCUT2D eigenvalue weighted by atomic mass is 35.5. The predicted octanol–water partition coefficient (Wildman–Crippen LogP) is 6.38. The Balaban J connectivity index is 0.000000284. The van der Waals surface area contributed by atoms with E-state index in [-0.39, 0.29) is 11.8 Å². The van der Waals surface area contributed by atoms with Crippen molar-refractivity contribution in [2.24, 2.45) is 22.7 Å². The van der Waals surface area contributed by atoms with Gasteiger partial charge < -0.3 is 16.4 Å². The normalized spacial score (nSPS) is 20.8. The number of amides is 2. The van der Waals surface area contributed by atoms with Crippen LogP contribution in [0, 0.1) is 17.8 Å². The molecule has 3 atom stereocenters. The van der Waals surface area contributed by atoms with Gasteiger partial charge in [0.1, 0.15) is 0 Å². The molecule has 4 rings (SSSR count). The van der Waals surface area contributed by atoms with Gasteiger partial charge in [-0.1, -0.05) is 61.0 Å². The fourth-order valence-electron chi connectivity index (χ4n) is 4.73. The molecule has 2 fully saturated rings. The molecule has 0 aromatic heterocycles. The number of hydrogen-bond donors (Lipinski definition) is 3. The number of nitrogens with one attached hydrogen (secondary N) is 2. The van der Waals surface area contributed by atoms with E-state index in [0.717, 1.165) is 29.5 Å². The zero-order chi connectivity index (χ0) is 26.8. The number of halogens is 1. The molecule has 2 bridgehead atoms. The third kappa shape index (κ3) is 8.19. The molecule has 0 radical (unpaired) electrons. The van der Waals surface area contributed by atoms with Crippen LogP contribution in [-0.4, -0.2) is 25.1 Å². The number of nitrogen functional groups attached to an aromatic ring is 1. The summed E-state index contributed by atoms with van der Waals surface area (Å²) in [6.45, 7) is 5.26. The van der Waals surface area contributed by atoms with Crippen molar-refractivity contribution in [2.45, 2.75) is 32.6 Å². The van der Waals surface area contributed by atoms with Crippen molar-refractivity contribution in [1.82, 2.24) is 5.32 Å². The number of aliphatic imine (C=N–C) groups is 1. The number of fused-ring (bicyclic) bond motifs is 2. The van der Waals surface area contributed by atoms with Gasteiger partial charge in [0, 0.05) is 35.5 Å². The van der Waals surface area contributed by atoms with Crippen molar-refractivity contribution in [3.05, 3.63) is 89.5 Å². The molecule has 2 aromatic rings. The number of nitrogens with zero attached hydrogens (tertiary/aromatic N) is 1. The smallest absolute Gasteiger partial charge is 0.251 e. The molecule has 0 heterocycles. The second-order valence-electron chi connectivity index (χ2n) is 9.39. The van der Waals surface area contributed by atoms with Crippen LogP contribution < -0.4 is 16.4 Å². The molecule has 7 heteroatoms. The Hall–Kier alpha value is -3.64. The Bertz CT molecular complexity index is 1200. The first-order valence-corrected chi connectivity index (χ1v) is 12.9. The summed E-state index contributed by atoms with van der Waals surface area (Å²) in [7, 11) is 1.74. The van der Waals surface area contributed by atoms with Gasteiger partial charge in [-0.05, 0) is 73.9 Å². The molecule has 0 saturated heterocycles. The summed E-state index contributed by atoms with van der Waals surface area (Å²) >= 11 is 5.82. The Morgan fingerprint density at radius 2 is 1.81 bits per heavy atom. The van der Waals surface area contributed by atoms with E-state index in [1.54, 1.807) is 38.4 Å². The third-order valence-corrected chi connectivity index (χ3v) is 7.11. The molecule has 6 nitrogen and oxygen atoms in total. The summed E-state index contributed by atoms with van der Waals surface area (Å²) in [5, 5.41) is 6.05. The molecular weight excluding hydrogens is 484 g/mol. The average Bonchev–Trinajstić information content (AvgIpc) is 3.56. The third-order valence-electron chi connectivity index (χ3n) is 6.82. The molecule has 2 aromatic carbocycles. The second-order valence-corrected chi connectivity index (χ2v) is 9.83. The molecule has 0 spiro atoms. The highest BCUT2D eigenvalue weighted by Gasteiger charge is 2.42. The molecule has 2 amide bonds. The van der Waals surface area contributed by atoms with E-state index < -0.39 is 0 Å². The molecule has 3 unspecified atom stereocenters. The van der Waals surface area contributed by atoms with Crippen molar-refractivity contribution in [1.29, 1.82) is 0 Å². The summed E-state index contributed by atoms with van der Waals surface area (Å²) in [4.78, 5) is 27.8. The van der Waals surface area contributed by atoms with Gasteiger partial charge in [0.25, 0.3) is 5.91 Å². The summed E-state index contributed by atoms with van der Waals surface area (Å²) < 4.78 is 0. The van der Waals surface area contributed by atoms with Gasteiger partial charge >= 0.3 is 0 Å². The minimum Gasteiger partial charge on any atom is -0.397 e. The maximum atomic E-state index is 12.1. The number of rotatable bonds is 7. The molecule has 37 heavy (non-hydrogen) atoms. The lowest BCUT2D eigenvalue weighted by Crippen LogP contribution is -2.30. The van der Waals surface area contributed by atoms with Crippen LogP contribution in [0.3, 0.4) is 0 Å². The Morgan fingerprint density at radius 3 is 2.41 bits per heavy atom. The molecule has 194 valence electrons. The topological polar surface area (TPSA) is 96.6 Å². The van der Waals surface area contributed by atoms with E-state index in [0.29, 0.717) is 27.9 Å². The molecule has 2 saturated carbocycles. The number of nitrogens with two attached hydrogens (primary N) is 1. The lowest BCUT2D eigenvalue weighted by Gasteiger charge is -2.19. The monoisotopic (exact) mass is 518 g/mol. The Kier molecular flexibility index (Phi) is 10.3. The largest absolute Gasteiger partial charge is 0.397 e. The van der Waals surface area contributed by atoms with E-state index >= 15 is 0 Å². The van der Waals surface area contributed by atoms with Gasteiger partial charge in [-0.3, -0.25) is 14.6 Å². The standard InChI is InChI=1S/C21H20ClN3O.C9H15NO/c1-3-17(22)11-8-15(2)21(26)25-18-12-9-16(10-13-18)14-24-20-7-5-4-6-19(20)23;1-10-9(11)8-5-6-2-3-7(8)4-6/h3-14H,1,23H2,2H3,(H,25,26);6-8H,2-5H2,1H3,(H,10,11)/b15-8+,17-11+,24-14?;. The van der Waals surface area contributed by atoms with Crippen LogP contribution in [0.2, 0.25) is 0 Å². The molecule has 2 aliphatic carbocycles. The van der Waals surface area contributed by atoms with Crippen LogP contribution in [-0.2, 0) is 9.59 Å². The molecular formula is C30H35ClN4O2. The molecule has 2 aliphatic rings. The van der Waals surface area contributed by atoms with Gasteiger partial charge in [0.2, 0.25) is 5.91 Å². The number of carbonyl (C=O) groups excluding carboxylic acids is 2. The minimum atomic E-state index is -0.201. The van der Waals surface area contributed by atoms with Crippen LogP contribution in [0.15, 0.2) is 88.9 Å². The zero-order valence-corrected chi connectivity index (χ0v) is 22.2. The first kappa shape index (κ1) is 27.9. The van der Waals surface area contributed by atoms with E-state index in [9.17, 15) is 9.59 Å². The van der Waals surface area contributed by atoms with Gasteiger partial charge in [-0.25, -0.2) is 0 Å². The van der Waals surface area contributed by atoms with Gasteiger partial charge in [-0.15, -0.1) is 0 Å². The quantitative estimate of drug-likeness (QED) is 0.172. The first-order valence-electron chi connectivity index (χ1n) is 12.5. The second kappa shape index (κ2) is 13.6. The zero-order valence-electron chi connectivity index (χ0n) is 21.4. The van der Waals surface area contributed by atoms with Crippen LogP contribution in [0.4, 0.5) is 17.1 Å².